The maximum Gasteiger partial charge on any atom is 0.220 e. The van der Waals surface area contributed by atoms with Gasteiger partial charge >= 0.3 is 0 Å². The van der Waals surface area contributed by atoms with E-state index >= 15 is 0 Å². The molecule has 0 atom stereocenters. The molecule has 2 aromatic rings. The lowest BCUT2D eigenvalue weighted by atomic mass is 9.74. The third-order valence-corrected chi connectivity index (χ3v) is 5.36. The van der Waals surface area contributed by atoms with Crippen LogP contribution in [0.2, 0.25) is 5.02 Å². The average Bonchev–Trinajstić information content (AvgIpc) is 2.66. The highest BCUT2D eigenvalue weighted by Crippen LogP contribution is 2.35. The van der Waals surface area contributed by atoms with E-state index < -0.39 is 0 Å². The molecule has 0 aliphatic carbocycles. The van der Waals surface area contributed by atoms with Crippen LogP contribution in [-0.2, 0) is 21.4 Å². The SMILES string of the molecule is O=C(CCc1ccccc1O)NCC1(c2cccc(Cl)c2)CCOCC1. The van der Waals surface area contributed by atoms with Crippen LogP contribution in [0.25, 0.3) is 0 Å². The zero-order chi connectivity index (χ0) is 18.4. The molecule has 1 aliphatic rings. The van der Waals surface area contributed by atoms with Gasteiger partial charge in [0.2, 0.25) is 5.91 Å². The van der Waals surface area contributed by atoms with E-state index in [4.69, 9.17) is 16.3 Å². The number of aromatic hydroxyl groups is 1. The molecule has 2 N–H and O–H groups in total. The molecule has 1 fully saturated rings. The second-order valence-corrected chi connectivity index (χ2v) is 7.24. The minimum Gasteiger partial charge on any atom is -0.508 e. The predicted molar refractivity (Wildman–Crippen MR) is 103 cm³/mol. The second kappa shape index (κ2) is 8.56. The van der Waals surface area contributed by atoms with Crippen molar-refractivity contribution in [2.24, 2.45) is 0 Å². The first-order valence-corrected chi connectivity index (χ1v) is 9.34. The van der Waals surface area contributed by atoms with Gasteiger partial charge in [-0.15, -0.1) is 0 Å². The number of aryl methyl sites for hydroxylation is 1. The standard InChI is InChI=1S/C21H24ClNO3/c22-18-6-3-5-17(14-18)21(10-12-26-13-11-21)15-23-20(25)9-8-16-4-1-2-7-19(16)24/h1-7,14,24H,8-13,15H2,(H,23,25). The highest BCUT2D eigenvalue weighted by Gasteiger charge is 2.35. The summed E-state index contributed by atoms with van der Waals surface area (Å²) in [4.78, 5) is 12.4. The second-order valence-electron chi connectivity index (χ2n) is 6.81. The van der Waals surface area contributed by atoms with Gasteiger partial charge in [-0.05, 0) is 48.6 Å². The molecule has 0 aromatic heterocycles. The van der Waals surface area contributed by atoms with E-state index in [1.807, 2.05) is 30.3 Å². The number of amides is 1. The van der Waals surface area contributed by atoms with Gasteiger partial charge in [-0.2, -0.15) is 0 Å². The van der Waals surface area contributed by atoms with Crippen LogP contribution in [0, 0.1) is 0 Å². The van der Waals surface area contributed by atoms with Crippen molar-refractivity contribution in [1.29, 1.82) is 0 Å². The summed E-state index contributed by atoms with van der Waals surface area (Å²) in [5, 5.41) is 13.6. The number of para-hydroxylation sites is 1. The van der Waals surface area contributed by atoms with E-state index in [2.05, 4.69) is 11.4 Å². The molecule has 0 unspecified atom stereocenters. The third-order valence-electron chi connectivity index (χ3n) is 5.12. The Morgan fingerprint density at radius 1 is 1.15 bits per heavy atom. The van der Waals surface area contributed by atoms with Gasteiger partial charge in [-0.1, -0.05) is 41.9 Å². The number of ether oxygens (including phenoxy) is 1. The Hall–Kier alpha value is -2.04. The van der Waals surface area contributed by atoms with Gasteiger partial charge in [0, 0.05) is 36.6 Å². The summed E-state index contributed by atoms with van der Waals surface area (Å²) in [6.45, 7) is 1.93. The van der Waals surface area contributed by atoms with E-state index in [9.17, 15) is 9.90 Å². The molecule has 1 aliphatic heterocycles. The summed E-state index contributed by atoms with van der Waals surface area (Å²) in [6, 6.07) is 15.0. The maximum absolute atomic E-state index is 12.4. The predicted octanol–water partition coefficient (Wildman–Crippen LogP) is 3.84. The van der Waals surface area contributed by atoms with Crippen molar-refractivity contribution >= 4 is 17.5 Å². The smallest absolute Gasteiger partial charge is 0.220 e. The maximum atomic E-state index is 12.4. The summed E-state index contributed by atoms with van der Waals surface area (Å²) < 4.78 is 5.53. The minimum atomic E-state index is -0.145. The first-order chi connectivity index (χ1) is 12.6. The molecule has 3 rings (SSSR count). The van der Waals surface area contributed by atoms with Crippen molar-refractivity contribution in [1.82, 2.24) is 5.32 Å². The van der Waals surface area contributed by atoms with Crippen molar-refractivity contribution in [2.75, 3.05) is 19.8 Å². The molecule has 1 heterocycles. The Kier molecular flexibility index (Phi) is 6.17. The average molecular weight is 374 g/mol. The summed E-state index contributed by atoms with van der Waals surface area (Å²) in [5.41, 5.74) is 1.79. The third kappa shape index (κ3) is 4.57. The molecule has 0 radical (unpaired) electrons. The summed E-state index contributed by atoms with van der Waals surface area (Å²) >= 11 is 6.18. The number of hydrogen-bond donors (Lipinski definition) is 2. The fourth-order valence-corrected chi connectivity index (χ4v) is 3.66. The highest BCUT2D eigenvalue weighted by molar-refractivity contribution is 6.30. The van der Waals surface area contributed by atoms with Gasteiger partial charge in [-0.25, -0.2) is 0 Å². The van der Waals surface area contributed by atoms with Gasteiger partial charge < -0.3 is 15.2 Å². The van der Waals surface area contributed by atoms with Gasteiger partial charge in [0.1, 0.15) is 5.75 Å². The number of benzene rings is 2. The molecule has 138 valence electrons. The Labute approximate surface area is 159 Å². The number of carbonyl (C=O) groups excluding carboxylic acids is 1. The van der Waals surface area contributed by atoms with Gasteiger partial charge in [0.15, 0.2) is 0 Å². The molecule has 1 amide bonds. The first-order valence-electron chi connectivity index (χ1n) is 8.96. The molecule has 4 nitrogen and oxygen atoms in total. The summed E-state index contributed by atoms with van der Waals surface area (Å²) in [7, 11) is 0. The van der Waals surface area contributed by atoms with Crippen molar-refractivity contribution in [3.63, 3.8) is 0 Å². The van der Waals surface area contributed by atoms with Crippen LogP contribution in [0.4, 0.5) is 0 Å². The van der Waals surface area contributed by atoms with Gasteiger partial charge in [-0.3, -0.25) is 4.79 Å². The number of carbonyl (C=O) groups is 1. The Morgan fingerprint density at radius 2 is 1.92 bits per heavy atom. The van der Waals surface area contributed by atoms with Crippen LogP contribution in [0.15, 0.2) is 48.5 Å². The normalized spacial score (nSPS) is 16.2. The number of hydrogen-bond acceptors (Lipinski definition) is 3. The zero-order valence-electron chi connectivity index (χ0n) is 14.7. The monoisotopic (exact) mass is 373 g/mol. The van der Waals surface area contributed by atoms with Crippen molar-refractivity contribution in [2.45, 2.75) is 31.1 Å². The Bertz CT molecular complexity index is 756. The number of phenols is 1. The molecule has 0 spiro atoms. The lowest BCUT2D eigenvalue weighted by molar-refractivity contribution is -0.121. The van der Waals surface area contributed by atoms with E-state index in [0.717, 1.165) is 24.0 Å². The fraction of sp³-hybridized carbons (Fsp3) is 0.381. The van der Waals surface area contributed by atoms with E-state index in [0.29, 0.717) is 37.6 Å². The van der Waals surface area contributed by atoms with E-state index in [1.54, 1.807) is 12.1 Å². The molecule has 5 heteroatoms. The molecule has 0 bridgehead atoms. The van der Waals surface area contributed by atoms with Crippen molar-refractivity contribution in [3.8, 4) is 5.75 Å². The lowest BCUT2D eigenvalue weighted by Gasteiger charge is -2.38. The molecular formula is C21H24ClNO3. The van der Waals surface area contributed by atoms with Crippen LogP contribution >= 0.6 is 11.6 Å². The first kappa shape index (κ1) is 18.7. The van der Waals surface area contributed by atoms with E-state index in [-0.39, 0.29) is 17.1 Å². The van der Waals surface area contributed by atoms with Gasteiger partial charge in [0.05, 0.1) is 0 Å². The highest BCUT2D eigenvalue weighted by atomic mass is 35.5. The lowest BCUT2D eigenvalue weighted by Crippen LogP contribution is -2.44. The number of nitrogens with one attached hydrogen (secondary N) is 1. The molecule has 26 heavy (non-hydrogen) atoms. The van der Waals surface area contributed by atoms with E-state index in [1.165, 1.54) is 0 Å². The molecule has 1 saturated heterocycles. The number of halogens is 1. The van der Waals surface area contributed by atoms with Crippen LogP contribution in [0.1, 0.15) is 30.4 Å². The van der Waals surface area contributed by atoms with Crippen molar-refractivity contribution in [3.05, 3.63) is 64.7 Å². The van der Waals surface area contributed by atoms with Crippen LogP contribution in [0.3, 0.4) is 0 Å². The largest absolute Gasteiger partial charge is 0.508 e. The number of rotatable bonds is 6. The fourth-order valence-electron chi connectivity index (χ4n) is 3.47. The van der Waals surface area contributed by atoms with Crippen molar-refractivity contribution < 1.29 is 14.6 Å². The zero-order valence-corrected chi connectivity index (χ0v) is 15.5. The van der Waals surface area contributed by atoms with Crippen LogP contribution < -0.4 is 5.32 Å². The molecule has 2 aromatic carbocycles. The Morgan fingerprint density at radius 3 is 2.65 bits per heavy atom. The quantitative estimate of drug-likeness (QED) is 0.808. The topological polar surface area (TPSA) is 58.6 Å². The van der Waals surface area contributed by atoms with Crippen LogP contribution in [-0.4, -0.2) is 30.8 Å². The van der Waals surface area contributed by atoms with Gasteiger partial charge in [0.25, 0.3) is 0 Å². The Balaban J connectivity index is 1.63. The summed E-state index contributed by atoms with van der Waals surface area (Å²) in [6.07, 6.45) is 2.58. The van der Waals surface area contributed by atoms with Crippen LogP contribution in [0.5, 0.6) is 5.75 Å². The molecular weight excluding hydrogens is 350 g/mol. The summed E-state index contributed by atoms with van der Waals surface area (Å²) in [5.74, 6) is 0.223. The minimum absolute atomic E-state index is 0.0128. The molecule has 0 saturated carbocycles. The number of phenolic OH excluding ortho intramolecular Hbond substituents is 1.